The number of aliphatic hydroxyl groups is 5. The van der Waals surface area contributed by atoms with E-state index in [1.165, 1.54) is 6.08 Å². The molecule has 0 saturated carbocycles. The maximum absolute atomic E-state index is 10.1. The Morgan fingerprint density at radius 2 is 1.75 bits per heavy atom. The fourth-order valence-electron chi connectivity index (χ4n) is 2.33. The van der Waals surface area contributed by atoms with Gasteiger partial charge in [-0.05, 0) is 37.2 Å². The first kappa shape index (κ1) is 24.1. The molecule has 0 aliphatic carbocycles. The van der Waals surface area contributed by atoms with Gasteiger partial charge in [-0.2, -0.15) is 0 Å². The van der Waals surface area contributed by atoms with Gasteiger partial charge >= 0.3 is 0 Å². The van der Waals surface area contributed by atoms with Crippen molar-refractivity contribution in [1.82, 2.24) is 0 Å². The lowest BCUT2D eigenvalue weighted by molar-refractivity contribution is -0.303. The molecule has 0 bridgehead atoms. The minimum atomic E-state index is -1.54. The van der Waals surface area contributed by atoms with Gasteiger partial charge in [-0.3, -0.25) is 0 Å². The van der Waals surface area contributed by atoms with Gasteiger partial charge in [0.15, 0.2) is 6.29 Å². The first-order valence-electron chi connectivity index (χ1n) is 8.99. The highest BCUT2D eigenvalue weighted by Crippen LogP contribution is 2.23. The van der Waals surface area contributed by atoms with Crippen molar-refractivity contribution in [3.8, 4) is 23.7 Å². The SMILES string of the molecule is C=CCCCC=CC(C#CC#CC(O)C=C)OC1OC(CO)C(O)C(O)C1O. The van der Waals surface area contributed by atoms with Crippen molar-refractivity contribution in [3.05, 3.63) is 37.5 Å². The molecule has 1 aliphatic rings. The molecule has 1 fully saturated rings. The zero-order valence-electron chi connectivity index (χ0n) is 15.6. The number of unbranched alkanes of at least 4 members (excludes halogenated alkanes) is 2. The lowest BCUT2D eigenvalue weighted by Gasteiger charge is -2.40. The third kappa shape index (κ3) is 7.97. The van der Waals surface area contributed by atoms with E-state index in [9.17, 15) is 25.5 Å². The quantitative estimate of drug-likeness (QED) is 0.206. The van der Waals surface area contributed by atoms with E-state index >= 15 is 0 Å². The Kier molecular flexibility index (Phi) is 11.4. The van der Waals surface area contributed by atoms with Crippen LogP contribution >= 0.6 is 0 Å². The van der Waals surface area contributed by atoms with E-state index in [0.29, 0.717) is 0 Å². The van der Waals surface area contributed by atoms with E-state index in [-0.39, 0.29) is 0 Å². The summed E-state index contributed by atoms with van der Waals surface area (Å²) >= 11 is 0. The Morgan fingerprint density at radius 3 is 2.39 bits per heavy atom. The average Bonchev–Trinajstić information content (AvgIpc) is 2.70. The van der Waals surface area contributed by atoms with Crippen LogP contribution in [0.3, 0.4) is 0 Å². The van der Waals surface area contributed by atoms with Gasteiger partial charge < -0.3 is 35.0 Å². The van der Waals surface area contributed by atoms with Crippen molar-refractivity contribution in [2.75, 3.05) is 6.61 Å². The lowest BCUT2D eigenvalue weighted by Crippen LogP contribution is -2.59. The molecule has 7 unspecified atom stereocenters. The van der Waals surface area contributed by atoms with Crippen LogP contribution < -0.4 is 0 Å². The predicted octanol–water partition coefficient (Wildman–Crippen LogP) is -0.362. The third-order valence-corrected chi connectivity index (χ3v) is 3.94. The minimum Gasteiger partial charge on any atom is -0.394 e. The van der Waals surface area contributed by atoms with Crippen LogP contribution in [-0.2, 0) is 9.47 Å². The zero-order valence-corrected chi connectivity index (χ0v) is 15.6. The second-order valence-corrected chi connectivity index (χ2v) is 6.12. The van der Waals surface area contributed by atoms with Crippen LogP contribution in [0.15, 0.2) is 37.5 Å². The van der Waals surface area contributed by atoms with Crippen molar-refractivity contribution < 1.29 is 35.0 Å². The normalized spacial score (nSPS) is 29.1. The Labute approximate surface area is 165 Å². The highest BCUT2D eigenvalue weighted by Gasteiger charge is 2.44. The largest absolute Gasteiger partial charge is 0.394 e. The summed E-state index contributed by atoms with van der Waals surface area (Å²) in [5.41, 5.74) is 0. The van der Waals surface area contributed by atoms with Gasteiger partial charge in [0, 0.05) is 0 Å². The summed E-state index contributed by atoms with van der Waals surface area (Å²) in [6, 6.07) is 0. The molecule has 1 rings (SSSR count). The van der Waals surface area contributed by atoms with Gasteiger partial charge in [0.1, 0.15) is 36.6 Å². The van der Waals surface area contributed by atoms with E-state index in [1.54, 1.807) is 6.08 Å². The molecule has 5 N–H and O–H groups in total. The average molecular weight is 392 g/mol. The second kappa shape index (κ2) is 13.3. The smallest absolute Gasteiger partial charge is 0.188 e. The zero-order chi connectivity index (χ0) is 20.9. The Balaban J connectivity index is 2.87. The molecule has 0 aromatic carbocycles. The van der Waals surface area contributed by atoms with Crippen molar-refractivity contribution in [1.29, 1.82) is 0 Å². The molecule has 0 aromatic heterocycles. The van der Waals surface area contributed by atoms with Crippen LogP contribution in [0.2, 0.25) is 0 Å². The van der Waals surface area contributed by atoms with Crippen LogP contribution in [0.4, 0.5) is 0 Å². The monoisotopic (exact) mass is 392 g/mol. The van der Waals surface area contributed by atoms with Crippen LogP contribution in [0.5, 0.6) is 0 Å². The molecule has 0 spiro atoms. The molecule has 0 radical (unpaired) electrons. The molecule has 1 heterocycles. The van der Waals surface area contributed by atoms with Gasteiger partial charge in [0.2, 0.25) is 0 Å². The number of hydrogen-bond acceptors (Lipinski definition) is 7. The molecule has 154 valence electrons. The summed E-state index contributed by atoms with van der Waals surface area (Å²) in [5.74, 6) is 10.2. The molecule has 28 heavy (non-hydrogen) atoms. The van der Waals surface area contributed by atoms with E-state index in [1.807, 2.05) is 12.2 Å². The summed E-state index contributed by atoms with van der Waals surface area (Å²) in [6.07, 6.45) is 0.352. The summed E-state index contributed by atoms with van der Waals surface area (Å²) in [4.78, 5) is 0. The van der Waals surface area contributed by atoms with Crippen molar-refractivity contribution in [2.45, 2.75) is 62.2 Å². The molecule has 7 nitrogen and oxygen atoms in total. The highest BCUT2D eigenvalue weighted by molar-refractivity contribution is 5.31. The summed E-state index contributed by atoms with van der Waals surface area (Å²) in [7, 11) is 0. The molecule has 7 heteroatoms. The summed E-state index contributed by atoms with van der Waals surface area (Å²) in [6.45, 7) is 6.50. The van der Waals surface area contributed by atoms with Gasteiger partial charge in [0.25, 0.3) is 0 Å². The molecule has 0 aromatic rings. The summed E-state index contributed by atoms with van der Waals surface area (Å²) in [5, 5.41) is 48.4. The number of ether oxygens (including phenoxy) is 2. The maximum atomic E-state index is 10.1. The van der Waals surface area contributed by atoms with E-state index in [2.05, 4.69) is 36.8 Å². The predicted molar refractivity (Wildman–Crippen MR) is 104 cm³/mol. The van der Waals surface area contributed by atoms with Crippen LogP contribution in [0.25, 0.3) is 0 Å². The van der Waals surface area contributed by atoms with Crippen LogP contribution in [-0.4, -0.2) is 75.1 Å². The Hall–Kier alpha value is -1.94. The standard InChI is InChI=1S/C21H28O7/c1-3-5-6-7-8-12-16(13-10-9-11-15(23)4-2)27-21-20(26)19(25)18(24)17(14-22)28-21/h3-4,8,12,15-26H,1-2,5-7,14H2. The molecular weight excluding hydrogens is 364 g/mol. The number of allylic oxidation sites excluding steroid dienone is 2. The first-order valence-corrected chi connectivity index (χ1v) is 8.99. The Morgan fingerprint density at radius 1 is 1.04 bits per heavy atom. The van der Waals surface area contributed by atoms with Crippen molar-refractivity contribution >= 4 is 0 Å². The third-order valence-electron chi connectivity index (χ3n) is 3.94. The van der Waals surface area contributed by atoms with E-state index in [4.69, 9.17) is 9.47 Å². The summed E-state index contributed by atoms with van der Waals surface area (Å²) < 4.78 is 10.9. The fourth-order valence-corrected chi connectivity index (χ4v) is 2.33. The highest BCUT2D eigenvalue weighted by atomic mass is 16.7. The minimum absolute atomic E-state index is 0.552. The number of rotatable bonds is 9. The van der Waals surface area contributed by atoms with Gasteiger partial charge in [-0.1, -0.05) is 36.6 Å². The maximum Gasteiger partial charge on any atom is 0.188 e. The lowest BCUT2D eigenvalue weighted by atomic mass is 9.99. The van der Waals surface area contributed by atoms with E-state index < -0.39 is 49.5 Å². The molecule has 7 atom stereocenters. The Bertz CT molecular complexity index is 635. The van der Waals surface area contributed by atoms with Crippen LogP contribution in [0, 0.1) is 23.7 Å². The molecule has 1 aliphatic heterocycles. The van der Waals surface area contributed by atoms with Gasteiger partial charge in [-0.25, -0.2) is 0 Å². The molecule has 1 saturated heterocycles. The van der Waals surface area contributed by atoms with Crippen molar-refractivity contribution in [3.63, 3.8) is 0 Å². The molecular formula is C21H28O7. The molecule has 0 amide bonds. The van der Waals surface area contributed by atoms with E-state index in [0.717, 1.165) is 19.3 Å². The van der Waals surface area contributed by atoms with Gasteiger partial charge in [-0.15, -0.1) is 6.58 Å². The topological polar surface area (TPSA) is 120 Å². The van der Waals surface area contributed by atoms with Gasteiger partial charge in [0.05, 0.1) is 6.61 Å². The number of aliphatic hydroxyl groups excluding tert-OH is 5. The number of hydrogen-bond donors (Lipinski definition) is 5. The second-order valence-electron chi connectivity index (χ2n) is 6.12. The first-order chi connectivity index (χ1) is 13.4. The van der Waals surface area contributed by atoms with Crippen molar-refractivity contribution in [2.24, 2.45) is 0 Å². The fraction of sp³-hybridized carbons (Fsp3) is 0.524. The van der Waals surface area contributed by atoms with Crippen LogP contribution in [0.1, 0.15) is 19.3 Å².